The standard InChI is InChI=1S/C18H16N2O2/c1-13-3-6-16(11-14(13)2)20-18(21)9-10-22-17-7-4-15(12-19)5-8-17/h3-11H,1-2H3,(H,20,21). The van der Waals surface area contributed by atoms with Crippen LogP contribution in [0, 0.1) is 25.2 Å². The van der Waals surface area contributed by atoms with Crippen LogP contribution >= 0.6 is 0 Å². The van der Waals surface area contributed by atoms with Gasteiger partial charge in [0, 0.05) is 11.8 Å². The van der Waals surface area contributed by atoms with Crippen molar-refractivity contribution in [3.63, 3.8) is 0 Å². The molecule has 0 atom stereocenters. The van der Waals surface area contributed by atoms with Crippen LogP contribution in [0.2, 0.25) is 0 Å². The Balaban J connectivity index is 1.90. The molecule has 0 spiro atoms. The predicted molar refractivity (Wildman–Crippen MR) is 85.5 cm³/mol. The summed E-state index contributed by atoms with van der Waals surface area (Å²) in [5.74, 6) is 0.297. The van der Waals surface area contributed by atoms with Crippen LogP contribution in [-0.4, -0.2) is 5.91 Å². The number of amides is 1. The van der Waals surface area contributed by atoms with Gasteiger partial charge in [0.25, 0.3) is 5.91 Å². The topological polar surface area (TPSA) is 62.1 Å². The third-order valence-electron chi connectivity index (χ3n) is 3.18. The maximum Gasteiger partial charge on any atom is 0.251 e. The fourth-order valence-electron chi connectivity index (χ4n) is 1.79. The van der Waals surface area contributed by atoms with Crippen LogP contribution < -0.4 is 10.1 Å². The minimum atomic E-state index is -0.267. The molecule has 0 heterocycles. The average molecular weight is 292 g/mol. The van der Waals surface area contributed by atoms with E-state index in [2.05, 4.69) is 5.32 Å². The highest BCUT2D eigenvalue weighted by Crippen LogP contribution is 2.14. The van der Waals surface area contributed by atoms with Crippen LogP contribution in [0.25, 0.3) is 0 Å². The SMILES string of the molecule is Cc1ccc(NC(=O)C=COc2ccc(C#N)cc2)cc1C. The van der Waals surface area contributed by atoms with E-state index in [-0.39, 0.29) is 5.91 Å². The Labute approximate surface area is 129 Å². The highest BCUT2D eigenvalue weighted by molar-refractivity contribution is 5.99. The fourth-order valence-corrected chi connectivity index (χ4v) is 1.79. The second-order valence-electron chi connectivity index (χ2n) is 4.85. The van der Waals surface area contributed by atoms with Gasteiger partial charge in [-0.25, -0.2) is 0 Å². The van der Waals surface area contributed by atoms with Crippen molar-refractivity contribution in [2.75, 3.05) is 5.32 Å². The van der Waals surface area contributed by atoms with Crippen LogP contribution in [0.5, 0.6) is 5.75 Å². The second-order valence-corrected chi connectivity index (χ2v) is 4.85. The zero-order valence-corrected chi connectivity index (χ0v) is 12.5. The molecule has 0 radical (unpaired) electrons. The molecule has 0 aromatic heterocycles. The quantitative estimate of drug-likeness (QED) is 0.690. The first-order chi connectivity index (χ1) is 10.6. The zero-order valence-electron chi connectivity index (χ0n) is 12.5. The number of benzene rings is 2. The number of aryl methyl sites for hydroxylation is 2. The number of nitriles is 1. The molecule has 110 valence electrons. The van der Waals surface area contributed by atoms with Crippen molar-refractivity contribution in [3.8, 4) is 11.8 Å². The molecule has 0 aliphatic carbocycles. The summed E-state index contributed by atoms with van der Waals surface area (Å²) in [5, 5.41) is 11.5. The molecular weight excluding hydrogens is 276 g/mol. The molecule has 4 nitrogen and oxygen atoms in total. The number of ether oxygens (including phenoxy) is 1. The number of carbonyl (C=O) groups is 1. The van der Waals surface area contributed by atoms with Crippen LogP contribution in [0.3, 0.4) is 0 Å². The van der Waals surface area contributed by atoms with Gasteiger partial charge in [-0.1, -0.05) is 6.07 Å². The van der Waals surface area contributed by atoms with Gasteiger partial charge in [-0.3, -0.25) is 4.79 Å². The summed E-state index contributed by atoms with van der Waals surface area (Å²) >= 11 is 0. The summed E-state index contributed by atoms with van der Waals surface area (Å²) in [6.45, 7) is 4.01. The van der Waals surface area contributed by atoms with Gasteiger partial charge in [0.05, 0.1) is 17.9 Å². The molecule has 2 rings (SSSR count). The molecule has 22 heavy (non-hydrogen) atoms. The summed E-state index contributed by atoms with van der Waals surface area (Å²) in [7, 11) is 0. The van der Waals surface area contributed by atoms with E-state index in [1.165, 1.54) is 17.9 Å². The Morgan fingerprint density at radius 2 is 1.86 bits per heavy atom. The maximum absolute atomic E-state index is 11.8. The molecule has 1 amide bonds. The Morgan fingerprint density at radius 3 is 2.50 bits per heavy atom. The lowest BCUT2D eigenvalue weighted by molar-refractivity contribution is -0.112. The van der Waals surface area contributed by atoms with Gasteiger partial charge in [0.2, 0.25) is 0 Å². The number of hydrogen-bond donors (Lipinski definition) is 1. The van der Waals surface area contributed by atoms with E-state index in [4.69, 9.17) is 10.00 Å². The molecule has 1 N–H and O–H groups in total. The van der Waals surface area contributed by atoms with Crippen LogP contribution in [-0.2, 0) is 4.79 Å². The van der Waals surface area contributed by atoms with E-state index in [9.17, 15) is 4.79 Å². The summed E-state index contributed by atoms with van der Waals surface area (Å²) in [6.07, 6.45) is 2.63. The first-order valence-electron chi connectivity index (χ1n) is 6.80. The second kappa shape index (κ2) is 7.09. The zero-order chi connectivity index (χ0) is 15.9. The summed E-state index contributed by atoms with van der Waals surface area (Å²) in [5.41, 5.74) is 3.60. The lowest BCUT2D eigenvalue weighted by atomic mass is 10.1. The Bertz CT molecular complexity index is 741. The van der Waals surface area contributed by atoms with Gasteiger partial charge in [0.1, 0.15) is 5.75 Å². The van der Waals surface area contributed by atoms with E-state index < -0.39 is 0 Å². The predicted octanol–water partition coefficient (Wildman–Crippen LogP) is 3.71. The number of nitrogens with one attached hydrogen (secondary N) is 1. The lowest BCUT2D eigenvalue weighted by Crippen LogP contribution is -2.08. The minimum absolute atomic E-state index is 0.267. The number of nitrogens with zero attached hydrogens (tertiary/aromatic N) is 1. The highest BCUT2D eigenvalue weighted by atomic mass is 16.5. The van der Waals surface area contributed by atoms with Crippen molar-refractivity contribution in [2.24, 2.45) is 0 Å². The van der Waals surface area contributed by atoms with Crippen molar-refractivity contribution < 1.29 is 9.53 Å². The summed E-state index contributed by atoms with van der Waals surface area (Å²) in [6, 6.07) is 14.4. The molecule has 0 saturated heterocycles. The largest absolute Gasteiger partial charge is 0.465 e. The molecular formula is C18H16N2O2. The van der Waals surface area contributed by atoms with E-state index in [1.54, 1.807) is 24.3 Å². The first kappa shape index (κ1) is 15.3. The van der Waals surface area contributed by atoms with Crippen molar-refractivity contribution in [1.82, 2.24) is 0 Å². The normalized spacial score (nSPS) is 10.2. The number of carbonyl (C=O) groups excluding carboxylic acids is 1. The fraction of sp³-hybridized carbons (Fsp3) is 0.111. The van der Waals surface area contributed by atoms with E-state index in [0.717, 1.165) is 11.3 Å². The molecule has 2 aromatic carbocycles. The lowest BCUT2D eigenvalue weighted by Gasteiger charge is -2.05. The number of rotatable bonds is 4. The smallest absolute Gasteiger partial charge is 0.251 e. The van der Waals surface area contributed by atoms with Gasteiger partial charge < -0.3 is 10.1 Å². The van der Waals surface area contributed by atoms with Crippen molar-refractivity contribution >= 4 is 11.6 Å². The van der Waals surface area contributed by atoms with Gasteiger partial charge in [-0.15, -0.1) is 0 Å². The highest BCUT2D eigenvalue weighted by Gasteiger charge is 2.00. The van der Waals surface area contributed by atoms with E-state index >= 15 is 0 Å². The molecule has 0 aliphatic rings. The molecule has 2 aromatic rings. The summed E-state index contributed by atoms with van der Waals surface area (Å²) < 4.78 is 5.31. The Morgan fingerprint density at radius 1 is 1.14 bits per heavy atom. The van der Waals surface area contributed by atoms with Gasteiger partial charge in [-0.05, 0) is 61.4 Å². The van der Waals surface area contributed by atoms with Crippen LogP contribution in [0.15, 0.2) is 54.8 Å². The van der Waals surface area contributed by atoms with Crippen molar-refractivity contribution in [3.05, 3.63) is 71.5 Å². The minimum Gasteiger partial charge on any atom is -0.465 e. The van der Waals surface area contributed by atoms with E-state index in [0.29, 0.717) is 11.3 Å². The average Bonchev–Trinajstić information content (AvgIpc) is 2.51. The third kappa shape index (κ3) is 4.22. The van der Waals surface area contributed by atoms with Crippen molar-refractivity contribution in [2.45, 2.75) is 13.8 Å². The molecule has 0 saturated carbocycles. The molecule has 0 aliphatic heterocycles. The van der Waals surface area contributed by atoms with E-state index in [1.807, 2.05) is 38.1 Å². The molecule has 0 bridgehead atoms. The van der Waals surface area contributed by atoms with Gasteiger partial charge in [0.15, 0.2) is 0 Å². The first-order valence-corrected chi connectivity index (χ1v) is 6.80. The Kier molecular flexibility index (Phi) is 4.94. The third-order valence-corrected chi connectivity index (χ3v) is 3.18. The maximum atomic E-state index is 11.8. The van der Waals surface area contributed by atoms with Crippen LogP contribution in [0.1, 0.15) is 16.7 Å². The van der Waals surface area contributed by atoms with Crippen LogP contribution in [0.4, 0.5) is 5.69 Å². The molecule has 0 unspecified atom stereocenters. The molecule has 4 heteroatoms. The summed E-state index contributed by atoms with van der Waals surface area (Å²) in [4.78, 5) is 11.8. The Hall–Kier alpha value is -3.06. The van der Waals surface area contributed by atoms with Gasteiger partial charge >= 0.3 is 0 Å². The number of anilines is 1. The van der Waals surface area contributed by atoms with Gasteiger partial charge in [-0.2, -0.15) is 5.26 Å². The van der Waals surface area contributed by atoms with Crippen molar-refractivity contribution in [1.29, 1.82) is 5.26 Å². The monoisotopic (exact) mass is 292 g/mol. The molecule has 0 fully saturated rings. The number of hydrogen-bond acceptors (Lipinski definition) is 3.